The van der Waals surface area contributed by atoms with Gasteiger partial charge in [0.05, 0.1) is 4.88 Å². The summed E-state index contributed by atoms with van der Waals surface area (Å²) in [7, 11) is 0. The van der Waals surface area contributed by atoms with Crippen LogP contribution in [0.15, 0.2) is 40.9 Å². The van der Waals surface area contributed by atoms with E-state index in [1.807, 2.05) is 24.0 Å². The third kappa shape index (κ3) is 3.09. The van der Waals surface area contributed by atoms with E-state index < -0.39 is 0 Å². The monoisotopic (exact) mass is 249 g/mol. The van der Waals surface area contributed by atoms with Gasteiger partial charge in [0.25, 0.3) is 0 Å². The maximum Gasteiger partial charge on any atom is 0.150 e. The minimum atomic E-state index is 1.18. The number of unbranched alkanes of at least 4 members (excludes halogenated alkanes) is 1. The van der Waals surface area contributed by atoms with Gasteiger partial charge in [-0.05, 0) is 12.0 Å². The Labute approximate surface area is 105 Å². The SMILES string of the molecule is CCCCSc1ncc(-c2ccccc2)s1. The van der Waals surface area contributed by atoms with Gasteiger partial charge in [-0.1, -0.05) is 55.4 Å². The fraction of sp³-hybridized carbons (Fsp3) is 0.308. The first-order chi connectivity index (χ1) is 7.90. The molecule has 1 nitrogen and oxygen atoms in total. The first-order valence-electron chi connectivity index (χ1n) is 5.54. The Balaban J connectivity index is 2.02. The van der Waals surface area contributed by atoms with Crippen molar-refractivity contribution in [1.29, 1.82) is 0 Å². The molecular formula is C13H15NS2. The molecule has 0 radical (unpaired) electrons. The van der Waals surface area contributed by atoms with Gasteiger partial charge in [0.2, 0.25) is 0 Å². The van der Waals surface area contributed by atoms with Crippen molar-refractivity contribution >= 4 is 23.1 Å². The zero-order valence-corrected chi connectivity index (χ0v) is 11.0. The van der Waals surface area contributed by atoms with Crippen LogP contribution in [0.2, 0.25) is 0 Å². The topological polar surface area (TPSA) is 12.9 Å². The summed E-state index contributed by atoms with van der Waals surface area (Å²) in [5.41, 5.74) is 1.27. The van der Waals surface area contributed by atoms with Gasteiger partial charge in [-0.2, -0.15) is 0 Å². The van der Waals surface area contributed by atoms with Gasteiger partial charge in [-0.15, -0.1) is 11.3 Å². The Morgan fingerprint density at radius 3 is 2.81 bits per heavy atom. The zero-order valence-electron chi connectivity index (χ0n) is 9.35. The fourth-order valence-corrected chi connectivity index (χ4v) is 3.51. The maximum atomic E-state index is 4.45. The van der Waals surface area contributed by atoms with E-state index in [0.717, 1.165) is 0 Å². The molecule has 0 amide bonds. The molecule has 0 saturated carbocycles. The van der Waals surface area contributed by atoms with E-state index in [4.69, 9.17) is 0 Å². The Kier molecular flexibility index (Phi) is 4.43. The molecule has 0 unspecified atom stereocenters. The molecule has 84 valence electrons. The highest BCUT2D eigenvalue weighted by atomic mass is 32.2. The largest absolute Gasteiger partial charge is 0.237 e. The normalized spacial score (nSPS) is 10.6. The third-order valence-corrected chi connectivity index (χ3v) is 4.56. The van der Waals surface area contributed by atoms with Gasteiger partial charge in [-0.25, -0.2) is 4.98 Å². The second-order valence-electron chi connectivity index (χ2n) is 3.56. The van der Waals surface area contributed by atoms with Crippen molar-refractivity contribution in [2.24, 2.45) is 0 Å². The summed E-state index contributed by atoms with van der Waals surface area (Å²) in [5, 5.41) is 0. The van der Waals surface area contributed by atoms with E-state index >= 15 is 0 Å². The number of aromatic nitrogens is 1. The van der Waals surface area contributed by atoms with Crippen molar-refractivity contribution in [1.82, 2.24) is 4.98 Å². The molecule has 1 aromatic carbocycles. The molecule has 2 rings (SSSR count). The molecule has 0 saturated heterocycles. The Morgan fingerprint density at radius 1 is 1.25 bits per heavy atom. The van der Waals surface area contributed by atoms with E-state index in [-0.39, 0.29) is 0 Å². The lowest BCUT2D eigenvalue weighted by Gasteiger charge is -1.95. The van der Waals surface area contributed by atoms with Crippen molar-refractivity contribution in [2.75, 3.05) is 5.75 Å². The predicted octanol–water partition coefficient (Wildman–Crippen LogP) is 4.70. The summed E-state index contributed by atoms with van der Waals surface area (Å²) < 4.78 is 1.19. The predicted molar refractivity (Wildman–Crippen MR) is 73.2 cm³/mol. The van der Waals surface area contributed by atoms with Crippen LogP contribution in [0.4, 0.5) is 0 Å². The summed E-state index contributed by atoms with van der Waals surface area (Å²) in [6, 6.07) is 10.4. The molecule has 3 heteroatoms. The summed E-state index contributed by atoms with van der Waals surface area (Å²) in [5.74, 6) is 1.18. The molecule has 2 aromatic rings. The second-order valence-corrected chi connectivity index (χ2v) is 5.93. The molecule has 16 heavy (non-hydrogen) atoms. The third-order valence-electron chi connectivity index (χ3n) is 2.27. The number of nitrogens with zero attached hydrogens (tertiary/aromatic N) is 1. The van der Waals surface area contributed by atoms with Crippen LogP contribution in [-0.4, -0.2) is 10.7 Å². The van der Waals surface area contributed by atoms with Crippen LogP contribution in [0.5, 0.6) is 0 Å². The Hall–Kier alpha value is -0.800. The van der Waals surface area contributed by atoms with E-state index in [0.29, 0.717) is 0 Å². The van der Waals surface area contributed by atoms with E-state index in [9.17, 15) is 0 Å². The highest BCUT2D eigenvalue weighted by Crippen LogP contribution is 2.31. The molecule has 0 atom stereocenters. The molecule has 0 fully saturated rings. The smallest absolute Gasteiger partial charge is 0.150 e. The van der Waals surface area contributed by atoms with E-state index in [2.05, 4.69) is 36.2 Å². The van der Waals surface area contributed by atoms with Crippen molar-refractivity contribution < 1.29 is 0 Å². The molecule has 0 spiro atoms. The van der Waals surface area contributed by atoms with Crippen LogP contribution >= 0.6 is 23.1 Å². The van der Waals surface area contributed by atoms with Crippen LogP contribution in [0, 0.1) is 0 Å². The zero-order chi connectivity index (χ0) is 11.2. The lowest BCUT2D eigenvalue weighted by Crippen LogP contribution is -1.75. The number of hydrogen-bond donors (Lipinski definition) is 0. The minimum Gasteiger partial charge on any atom is -0.237 e. The van der Waals surface area contributed by atoms with Crippen LogP contribution in [0.1, 0.15) is 19.8 Å². The molecular weight excluding hydrogens is 234 g/mol. The first kappa shape index (κ1) is 11.7. The molecule has 0 aliphatic heterocycles. The van der Waals surface area contributed by atoms with Gasteiger partial charge in [0, 0.05) is 11.9 Å². The number of thiazole rings is 1. The molecule has 1 aromatic heterocycles. The van der Waals surface area contributed by atoms with Crippen LogP contribution in [-0.2, 0) is 0 Å². The second kappa shape index (κ2) is 6.06. The Bertz CT molecular complexity index is 423. The molecule has 0 N–H and O–H groups in total. The van der Waals surface area contributed by atoms with E-state index in [1.165, 1.54) is 33.4 Å². The average Bonchev–Trinajstić information content (AvgIpc) is 2.79. The number of benzene rings is 1. The summed E-state index contributed by atoms with van der Waals surface area (Å²) in [6.45, 7) is 2.22. The van der Waals surface area contributed by atoms with Crippen molar-refractivity contribution in [3.63, 3.8) is 0 Å². The number of rotatable bonds is 5. The van der Waals surface area contributed by atoms with Gasteiger partial charge >= 0.3 is 0 Å². The first-order valence-corrected chi connectivity index (χ1v) is 7.34. The van der Waals surface area contributed by atoms with Crippen molar-refractivity contribution in [3.05, 3.63) is 36.5 Å². The van der Waals surface area contributed by atoms with Crippen molar-refractivity contribution in [2.45, 2.75) is 24.1 Å². The van der Waals surface area contributed by atoms with Gasteiger partial charge in [0.15, 0.2) is 0 Å². The fourth-order valence-electron chi connectivity index (χ4n) is 1.36. The van der Waals surface area contributed by atoms with E-state index in [1.54, 1.807) is 11.3 Å². The molecule has 0 aliphatic carbocycles. The van der Waals surface area contributed by atoms with Gasteiger partial charge in [-0.3, -0.25) is 0 Å². The van der Waals surface area contributed by atoms with Crippen LogP contribution in [0.25, 0.3) is 10.4 Å². The van der Waals surface area contributed by atoms with Crippen LogP contribution < -0.4 is 0 Å². The lowest BCUT2D eigenvalue weighted by atomic mass is 10.2. The van der Waals surface area contributed by atoms with Crippen molar-refractivity contribution in [3.8, 4) is 10.4 Å². The number of thioether (sulfide) groups is 1. The molecule has 0 aliphatic rings. The standard InChI is InChI=1S/C13H15NS2/c1-2-3-9-15-13-14-10-12(16-13)11-7-5-4-6-8-11/h4-8,10H,2-3,9H2,1H3. The molecule has 0 bridgehead atoms. The minimum absolute atomic E-state index is 1.18. The quantitative estimate of drug-likeness (QED) is 0.562. The number of hydrogen-bond acceptors (Lipinski definition) is 3. The summed E-state index contributed by atoms with van der Waals surface area (Å²) >= 11 is 3.66. The highest BCUT2D eigenvalue weighted by Gasteiger charge is 2.03. The molecule has 1 heterocycles. The highest BCUT2D eigenvalue weighted by molar-refractivity contribution is 8.01. The van der Waals surface area contributed by atoms with Crippen LogP contribution in [0.3, 0.4) is 0 Å². The van der Waals surface area contributed by atoms with Gasteiger partial charge in [0.1, 0.15) is 4.34 Å². The van der Waals surface area contributed by atoms with Gasteiger partial charge < -0.3 is 0 Å². The lowest BCUT2D eigenvalue weighted by molar-refractivity contribution is 0.896. The Morgan fingerprint density at radius 2 is 2.06 bits per heavy atom. The average molecular weight is 249 g/mol. The summed E-state index contributed by atoms with van der Waals surface area (Å²) in [6.07, 6.45) is 4.50. The maximum absolute atomic E-state index is 4.45. The summed E-state index contributed by atoms with van der Waals surface area (Å²) in [4.78, 5) is 5.71.